The number of pyridine rings is 1. The zero-order valence-corrected chi connectivity index (χ0v) is 16.3. The van der Waals surface area contributed by atoms with Crippen molar-refractivity contribution in [2.24, 2.45) is 7.05 Å². The number of carbonyl (C=O) groups excluding carboxylic acids is 2. The smallest absolute Gasteiger partial charge is 0.270 e. The molecule has 3 aromatic rings. The van der Waals surface area contributed by atoms with E-state index in [1.165, 1.54) is 0 Å². The summed E-state index contributed by atoms with van der Waals surface area (Å²) in [6.45, 7) is 1.23. The molecule has 0 bridgehead atoms. The average molecular weight is 397 g/mol. The molecule has 7 heteroatoms. The van der Waals surface area contributed by atoms with Gasteiger partial charge in [0, 0.05) is 60.1 Å². The summed E-state index contributed by atoms with van der Waals surface area (Å²) in [7, 11) is 1.89. The number of halogens is 1. The van der Waals surface area contributed by atoms with Gasteiger partial charge in [-0.3, -0.25) is 14.6 Å². The molecule has 0 aliphatic carbocycles. The number of likely N-dealkylation sites (tertiary alicyclic amines) is 1. The molecule has 2 amide bonds. The number of fused-ring (bicyclic) bond motifs is 1. The lowest BCUT2D eigenvalue weighted by molar-refractivity contribution is 0.0689. The molecular weight excluding hydrogens is 376 g/mol. The molecule has 1 N–H and O–H groups in total. The summed E-state index contributed by atoms with van der Waals surface area (Å²) in [4.78, 5) is 31.1. The van der Waals surface area contributed by atoms with Crippen molar-refractivity contribution in [3.05, 3.63) is 65.1 Å². The Hall–Kier alpha value is -2.86. The minimum absolute atomic E-state index is 0.00809. The van der Waals surface area contributed by atoms with Crippen LogP contribution in [-0.2, 0) is 7.05 Å². The highest BCUT2D eigenvalue weighted by molar-refractivity contribution is 6.31. The van der Waals surface area contributed by atoms with Crippen LogP contribution in [0, 0.1) is 0 Å². The Labute approximate surface area is 168 Å². The van der Waals surface area contributed by atoms with Gasteiger partial charge in [0.2, 0.25) is 0 Å². The van der Waals surface area contributed by atoms with Crippen LogP contribution in [-0.4, -0.2) is 45.4 Å². The Bertz CT molecular complexity index is 1020. The van der Waals surface area contributed by atoms with Crippen molar-refractivity contribution in [3.63, 3.8) is 0 Å². The molecule has 1 aliphatic heterocycles. The molecule has 0 radical (unpaired) electrons. The van der Waals surface area contributed by atoms with E-state index in [-0.39, 0.29) is 17.9 Å². The maximum absolute atomic E-state index is 13.0. The summed E-state index contributed by atoms with van der Waals surface area (Å²) >= 11 is 6.07. The van der Waals surface area contributed by atoms with Gasteiger partial charge in [-0.2, -0.15) is 0 Å². The summed E-state index contributed by atoms with van der Waals surface area (Å²) in [6, 6.07) is 11.0. The number of hydrogen-bond donors (Lipinski definition) is 1. The normalized spacial score (nSPS) is 15.0. The van der Waals surface area contributed by atoms with Gasteiger partial charge in [0.15, 0.2) is 0 Å². The monoisotopic (exact) mass is 396 g/mol. The Morgan fingerprint density at radius 1 is 1.11 bits per heavy atom. The number of aryl methyl sites for hydroxylation is 1. The Morgan fingerprint density at radius 2 is 1.82 bits per heavy atom. The first-order valence-corrected chi connectivity index (χ1v) is 9.66. The minimum Gasteiger partial charge on any atom is -0.349 e. The average Bonchev–Trinajstić information content (AvgIpc) is 3.04. The fraction of sp³-hybridized carbons (Fsp3) is 0.286. The standard InChI is InChI=1S/C21H21ClN4O2/c1-25-18-3-2-16(22)12-15(18)13-19(25)21(28)26-10-6-17(7-11-26)24-20(27)14-4-8-23-9-5-14/h2-5,8-9,12-13,17H,6-7,10-11H2,1H3,(H,24,27). The first-order valence-electron chi connectivity index (χ1n) is 9.28. The van der Waals surface area contributed by atoms with Crippen LogP contribution in [0.1, 0.15) is 33.7 Å². The topological polar surface area (TPSA) is 67.2 Å². The van der Waals surface area contributed by atoms with E-state index >= 15 is 0 Å². The van der Waals surface area contributed by atoms with Gasteiger partial charge in [-0.1, -0.05) is 11.6 Å². The molecule has 0 spiro atoms. The van der Waals surface area contributed by atoms with Crippen molar-refractivity contribution in [2.45, 2.75) is 18.9 Å². The summed E-state index contributed by atoms with van der Waals surface area (Å²) in [5, 5.41) is 4.66. The molecule has 0 unspecified atom stereocenters. The SMILES string of the molecule is Cn1c(C(=O)N2CCC(NC(=O)c3ccncc3)CC2)cc2cc(Cl)ccc21. The van der Waals surface area contributed by atoms with E-state index in [4.69, 9.17) is 11.6 Å². The molecule has 2 aromatic heterocycles. The molecule has 3 heterocycles. The minimum atomic E-state index is -0.0993. The van der Waals surface area contributed by atoms with E-state index in [9.17, 15) is 9.59 Å². The van der Waals surface area contributed by atoms with Crippen LogP contribution in [0.25, 0.3) is 10.9 Å². The maximum atomic E-state index is 13.0. The van der Waals surface area contributed by atoms with Gasteiger partial charge in [-0.25, -0.2) is 0 Å². The third kappa shape index (κ3) is 3.60. The summed E-state index contributed by atoms with van der Waals surface area (Å²) in [6.07, 6.45) is 4.68. The molecule has 0 saturated carbocycles. The number of benzene rings is 1. The lowest BCUT2D eigenvalue weighted by atomic mass is 10.0. The molecule has 6 nitrogen and oxygen atoms in total. The van der Waals surface area contributed by atoms with Crippen molar-refractivity contribution >= 4 is 34.3 Å². The van der Waals surface area contributed by atoms with E-state index in [1.807, 2.05) is 40.8 Å². The lowest BCUT2D eigenvalue weighted by Gasteiger charge is -2.32. The predicted molar refractivity (Wildman–Crippen MR) is 109 cm³/mol. The molecule has 144 valence electrons. The van der Waals surface area contributed by atoms with Crippen LogP contribution in [0.15, 0.2) is 48.8 Å². The zero-order chi connectivity index (χ0) is 19.7. The highest BCUT2D eigenvalue weighted by atomic mass is 35.5. The number of nitrogens with one attached hydrogen (secondary N) is 1. The van der Waals surface area contributed by atoms with Gasteiger partial charge in [-0.15, -0.1) is 0 Å². The van der Waals surface area contributed by atoms with Crippen LogP contribution in [0.2, 0.25) is 5.02 Å². The highest BCUT2D eigenvalue weighted by Gasteiger charge is 2.26. The van der Waals surface area contributed by atoms with Crippen molar-refractivity contribution in [2.75, 3.05) is 13.1 Å². The molecule has 28 heavy (non-hydrogen) atoms. The number of nitrogens with zero attached hydrogens (tertiary/aromatic N) is 3. The first-order chi connectivity index (χ1) is 13.5. The van der Waals surface area contributed by atoms with Gasteiger partial charge >= 0.3 is 0 Å². The molecule has 1 aliphatic rings. The Kier molecular flexibility index (Phi) is 5.05. The van der Waals surface area contributed by atoms with Crippen LogP contribution in [0.5, 0.6) is 0 Å². The van der Waals surface area contributed by atoms with Gasteiger partial charge in [0.25, 0.3) is 11.8 Å². The second kappa shape index (κ2) is 7.64. The van der Waals surface area contributed by atoms with E-state index in [1.54, 1.807) is 24.5 Å². The van der Waals surface area contributed by atoms with E-state index < -0.39 is 0 Å². The first kappa shape index (κ1) is 18.5. The van der Waals surface area contributed by atoms with Crippen molar-refractivity contribution in [1.29, 1.82) is 0 Å². The molecule has 4 rings (SSSR count). The maximum Gasteiger partial charge on any atom is 0.270 e. The fourth-order valence-corrected chi connectivity index (χ4v) is 3.87. The fourth-order valence-electron chi connectivity index (χ4n) is 3.69. The summed E-state index contributed by atoms with van der Waals surface area (Å²) < 4.78 is 1.91. The molecule has 1 aromatic carbocycles. The largest absolute Gasteiger partial charge is 0.349 e. The number of carbonyl (C=O) groups is 2. The molecular formula is C21H21ClN4O2. The highest BCUT2D eigenvalue weighted by Crippen LogP contribution is 2.24. The quantitative estimate of drug-likeness (QED) is 0.738. The second-order valence-electron chi connectivity index (χ2n) is 7.07. The summed E-state index contributed by atoms with van der Waals surface area (Å²) in [5.74, 6) is -0.0912. The van der Waals surface area contributed by atoms with E-state index in [0.717, 1.165) is 23.7 Å². The molecule has 0 atom stereocenters. The number of hydrogen-bond acceptors (Lipinski definition) is 3. The number of rotatable bonds is 3. The van der Waals surface area contributed by atoms with Crippen molar-refractivity contribution in [1.82, 2.24) is 19.8 Å². The van der Waals surface area contributed by atoms with Crippen LogP contribution in [0.3, 0.4) is 0 Å². The van der Waals surface area contributed by atoms with Crippen molar-refractivity contribution < 1.29 is 9.59 Å². The zero-order valence-electron chi connectivity index (χ0n) is 15.6. The summed E-state index contributed by atoms with van der Waals surface area (Å²) in [5.41, 5.74) is 2.23. The van der Waals surface area contributed by atoms with Gasteiger partial charge in [-0.05, 0) is 49.2 Å². The van der Waals surface area contributed by atoms with Crippen molar-refractivity contribution in [3.8, 4) is 0 Å². The van der Waals surface area contributed by atoms with E-state index in [2.05, 4.69) is 10.3 Å². The Morgan fingerprint density at radius 3 is 2.54 bits per heavy atom. The third-order valence-corrected chi connectivity index (χ3v) is 5.52. The van der Waals surface area contributed by atoms with Crippen LogP contribution < -0.4 is 5.32 Å². The van der Waals surface area contributed by atoms with E-state index in [0.29, 0.717) is 29.4 Å². The molecule has 1 saturated heterocycles. The number of piperidine rings is 1. The second-order valence-corrected chi connectivity index (χ2v) is 7.50. The Balaban J connectivity index is 1.40. The van der Waals surface area contributed by atoms with Gasteiger partial charge in [0.05, 0.1) is 0 Å². The third-order valence-electron chi connectivity index (χ3n) is 5.28. The number of amides is 2. The van der Waals surface area contributed by atoms with Gasteiger partial charge in [0.1, 0.15) is 5.69 Å². The van der Waals surface area contributed by atoms with Crippen LogP contribution in [0.4, 0.5) is 0 Å². The van der Waals surface area contributed by atoms with Crippen LogP contribution >= 0.6 is 11.6 Å². The predicted octanol–water partition coefficient (Wildman–Crippen LogP) is 3.26. The number of aromatic nitrogens is 2. The lowest BCUT2D eigenvalue weighted by Crippen LogP contribution is -2.46. The molecule has 1 fully saturated rings. The van der Waals surface area contributed by atoms with Gasteiger partial charge < -0.3 is 14.8 Å².